The van der Waals surface area contributed by atoms with Gasteiger partial charge < -0.3 is 23.7 Å². The third-order valence-corrected chi connectivity index (χ3v) is 6.30. The van der Waals surface area contributed by atoms with Crippen LogP contribution in [0.5, 0.6) is 11.6 Å². The molecular weight excluding hydrogens is 512 g/mol. The molecule has 2 heterocycles. The highest BCUT2D eigenvalue weighted by Gasteiger charge is 2.20. The van der Waals surface area contributed by atoms with E-state index in [-0.39, 0.29) is 11.6 Å². The van der Waals surface area contributed by atoms with E-state index in [9.17, 15) is 14.7 Å². The number of carbonyl (C=O) groups is 2. The summed E-state index contributed by atoms with van der Waals surface area (Å²) < 4.78 is 18.1. The molecule has 1 amide bonds. The average Bonchev–Trinajstić information content (AvgIpc) is 3.51. The fourth-order valence-corrected chi connectivity index (χ4v) is 4.17. The van der Waals surface area contributed by atoms with Crippen molar-refractivity contribution in [3.63, 3.8) is 0 Å². The molecule has 2 aromatic heterocycles. The third kappa shape index (κ3) is 5.56. The molecule has 0 bridgehead atoms. The quantitative estimate of drug-likeness (QED) is 0.219. The summed E-state index contributed by atoms with van der Waals surface area (Å²) in [6.07, 6.45) is 0.355. The largest absolute Gasteiger partial charge is 0.476 e. The number of aryl methyl sites for hydroxylation is 2. The SMILES string of the molecule is Cc1noc(-c2ccc(-c3ccc(Oc4ncn(C)c4C(=O)O)cc3)cc2)c1NC(=O)O[C@H](C)c1ccccc1. The molecule has 0 spiro atoms. The molecule has 2 N–H and O–H groups in total. The maximum Gasteiger partial charge on any atom is 0.412 e. The van der Waals surface area contributed by atoms with Crippen molar-refractivity contribution in [1.82, 2.24) is 14.7 Å². The summed E-state index contributed by atoms with van der Waals surface area (Å²) in [7, 11) is 1.59. The second kappa shape index (κ2) is 11.2. The van der Waals surface area contributed by atoms with Crippen LogP contribution in [-0.2, 0) is 11.8 Å². The van der Waals surface area contributed by atoms with Crippen LogP contribution in [0.15, 0.2) is 89.7 Å². The van der Waals surface area contributed by atoms with Crippen LogP contribution in [0.2, 0.25) is 0 Å². The van der Waals surface area contributed by atoms with Crippen molar-refractivity contribution in [2.24, 2.45) is 7.05 Å². The Kier molecular flexibility index (Phi) is 7.32. The lowest BCUT2D eigenvalue weighted by atomic mass is 10.0. The van der Waals surface area contributed by atoms with E-state index in [1.165, 1.54) is 10.9 Å². The molecule has 0 saturated heterocycles. The monoisotopic (exact) mass is 538 g/mol. The highest BCUT2D eigenvalue weighted by atomic mass is 16.6. The maximum absolute atomic E-state index is 12.6. The predicted molar refractivity (Wildman–Crippen MR) is 147 cm³/mol. The number of hydrogen-bond acceptors (Lipinski definition) is 7. The first-order valence-corrected chi connectivity index (χ1v) is 12.4. The Labute approximate surface area is 229 Å². The Morgan fingerprint density at radius 1 is 0.950 bits per heavy atom. The first-order chi connectivity index (χ1) is 19.3. The van der Waals surface area contributed by atoms with Gasteiger partial charge in [0.1, 0.15) is 23.2 Å². The van der Waals surface area contributed by atoms with Gasteiger partial charge in [-0.3, -0.25) is 5.32 Å². The van der Waals surface area contributed by atoms with E-state index in [1.807, 2.05) is 66.7 Å². The number of carbonyl (C=O) groups excluding carboxylic acids is 1. The van der Waals surface area contributed by atoms with Crippen molar-refractivity contribution in [2.45, 2.75) is 20.0 Å². The average molecular weight is 539 g/mol. The van der Waals surface area contributed by atoms with Gasteiger partial charge in [0.25, 0.3) is 5.88 Å². The lowest BCUT2D eigenvalue weighted by molar-refractivity contribution is 0.0683. The molecule has 5 rings (SSSR count). The Balaban J connectivity index is 1.28. The molecular formula is C30H26N4O6. The summed E-state index contributed by atoms with van der Waals surface area (Å²) in [5.74, 6) is -0.215. The molecule has 0 fully saturated rings. The number of aromatic nitrogens is 3. The van der Waals surface area contributed by atoms with Gasteiger partial charge in [-0.1, -0.05) is 71.9 Å². The van der Waals surface area contributed by atoms with E-state index in [0.717, 1.165) is 22.3 Å². The number of carboxylic acid groups (broad SMARTS) is 1. The molecule has 0 aliphatic carbocycles. The van der Waals surface area contributed by atoms with E-state index >= 15 is 0 Å². The van der Waals surface area contributed by atoms with Crippen molar-refractivity contribution in [2.75, 3.05) is 5.32 Å². The molecule has 10 nitrogen and oxygen atoms in total. The molecule has 0 radical (unpaired) electrons. The van der Waals surface area contributed by atoms with E-state index in [4.69, 9.17) is 14.0 Å². The molecule has 3 aromatic carbocycles. The van der Waals surface area contributed by atoms with E-state index < -0.39 is 18.2 Å². The lowest BCUT2D eigenvalue weighted by Crippen LogP contribution is -2.16. The van der Waals surface area contributed by atoms with E-state index in [1.54, 1.807) is 33.0 Å². The highest BCUT2D eigenvalue weighted by Crippen LogP contribution is 2.33. The molecule has 1 atom stereocenters. The van der Waals surface area contributed by atoms with Crippen LogP contribution in [-0.4, -0.2) is 31.9 Å². The molecule has 40 heavy (non-hydrogen) atoms. The molecule has 5 aromatic rings. The zero-order valence-corrected chi connectivity index (χ0v) is 22.0. The van der Waals surface area contributed by atoms with Crippen molar-refractivity contribution in [3.05, 3.63) is 102 Å². The summed E-state index contributed by atoms with van der Waals surface area (Å²) in [6.45, 7) is 3.55. The smallest absolute Gasteiger partial charge is 0.412 e. The number of hydrogen-bond donors (Lipinski definition) is 2. The Hall–Kier alpha value is -5.38. The first-order valence-electron chi connectivity index (χ1n) is 12.4. The second-order valence-electron chi connectivity index (χ2n) is 9.07. The van der Waals surface area contributed by atoms with Crippen LogP contribution in [0.4, 0.5) is 10.5 Å². The molecule has 0 aliphatic rings. The second-order valence-corrected chi connectivity index (χ2v) is 9.07. The number of rotatable bonds is 8. The summed E-state index contributed by atoms with van der Waals surface area (Å²) in [4.78, 5) is 28.1. The third-order valence-electron chi connectivity index (χ3n) is 6.30. The molecule has 202 valence electrons. The summed E-state index contributed by atoms with van der Waals surface area (Å²) in [5.41, 5.74) is 4.40. The van der Waals surface area contributed by atoms with Gasteiger partial charge in [0.15, 0.2) is 11.5 Å². The number of ether oxygens (including phenoxy) is 2. The van der Waals surface area contributed by atoms with E-state index in [2.05, 4.69) is 15.5 Å². The van der Waals surface area contributed by atoms with Crippen LogP contribution >= 0.6 is 0 Å². The van der Waals surface area contributed by atoms with Crippen molar-refractivity contribution < 1.29 is 28.7 Å². The van der Waals surface area contributed by atoms with E-state index in [0.29, 0.717) is 22.9 Å². The number of anilines is 1. The number of nitrogens with zero attached hydrogens (tertiary/aromatic N) is 3. The minimum absolute atomic E-state index is 0.0253. The number of imidazole rings is 1. The highest BCUT2D eigenvalue weighted by molar-refractivity contribution is 5.91. The summed E-state index contributed by atoms with van der Waals surface area (Å²) in [5, 5.41) is 16.2. The topological polar surface area (TPSA) is 129 Å². The number of benzene rings is 3. The van der Waals surface area contributed by atoms with Crippen molar-refractivity contribution >= 4 is 17.7 Å². The van der Waals surface area contributed by atoms with Gasteiger partial charge in [-0.2, -0.15) is 0 Å². The van der Waals surface area contributed by atoms with Crippen LogP contribution in [0.3, 0.4) is 0 Å². The van der Waals surface area contributed by atoms with Gasteiger partial charge in [0.05, 0.1) is 6.33 Å². The Bertz CT molecular complexity index is 1640. The number of nitrogens with one attached hydrogen (secondary N) is 1. The molecule has 0 saturated carbocycles. The fraction of sp³-hybridized carbons (Fsp3) is 0.133. The summed E-state index contributed by atoms with van der Waals surface area (Å²) in [6, 6.07) is 24.3. The maximum atomic E-state index is 12.6. The lowest BCUT2D eigenvalue weighted by Gasteiger charge is -2.14. The van der Waals surface area contributed by atoms with Crippen LogP contribution in [0.25, 0.3) is 22.5 Å². The Morgan fingerprint density at radius 2 is 1.57 bits per heavy atom. The standard InChI is InChI=1S/C30H26N4O6/c1-18-25(32-30(37)38-19(2)20-7-5-4-6-8-20)27(40-33-18)23-11-9-21(10-12-23)22-13-15-24(16-14-22)39-28-26(29(35)36)34(3)17-31-28/h4-17,19H,1-3H3,(H,32,37)(H,35,36)/t19-/m1/s1. The minimum atomic E-state index is -1.12. The van der Waals surface area contributed by atoms with Gasteiger partial charge in [-0.05, 0) is 42.7 Å². The zero-order valence-electron chi connectivity index (χ0n) is 22.0. The molecule has 0 aliphatic heterocycles. The predicted octanol–water partition coefficient (Wildman–Crippen LogP) is 6.85. The van der Waals surface area contributed by atoms with Gasteiger partial charge in [0, 0.05) is 12.6 Å². The van der Waals surface area contributed by atoms with Gasteiger partial charge in [-0.15, -0.1) is 0 Å². The molecule has 0 unspecified atom stereocenters. The van der Waals surface area contributed by atoms with Crippen LogP contribution in [0, 0.1) is 6.92 Å². The van der Waals surface area contributed by atoms with Crippen molar-refractivity contribution in [1.29, 1.82) is 0 Å². The van der Waals surface area contributed by atoms with Crippen LogP contribution < -0.4 is 10.1 Å². The number of amides is 1. The fourth-order valence-electron chi connectivity index (χ4n) is 4.17. The van der Waals surface area contributed by atoms with Crippen molar-refractivity contribution in [3.8, 4) is 34.1 Å². The van der Waals surface area contributed by atoms with Gasteiger partial charge in [-0.25, -0.2) is 14.6 Å². The molecule has 10 heteroatoms. The number of carboxylic acids is 1. The Morgan fingerprint density at radius 3 is 2.23 bits per heavy atom. The van der Waals surface area contributed by atoms with Gasteiger partial charge >= 0.3 is 12.1 Å². The van der Waals surface area contributed by atoms with Crippen LogP contribution in [0.1, 0.15) is 34.8 Å². The van der Waals surface area contributed by atoms with Gasteiger partial charge in [0.2, 0.25) is 0 Å². The first kappa shape index (κ1) is 26.2. The normalized spacial score (nSPS) is 11.6. The number of aromatic carboxylic acids is 1. The summed E-state index contributed by atoms with van der Waals surface area (Å²) >= 11 is 0. The zero-order chi connectivity index (χ0) is 28.2. The minimum Gasteiger partial charge on any atom is -0.476 e.